The molecule has 0 spiro atoms. The van der Waals surface area contributed by atoms with Crippen LogP contribution in [0.1, 0.15) is 0 Å². The molecule has 5 heterocycles. The third kappa shape index (κ3) is 2.88. The fraction of sp³-hybridized carbons (Fsp3) is 0. The molecule has 196 valence electrons. The van der Waals surface area contributed by atoms with Crippen LogP contribution in [0.5, 0.6) is 0 Å². The number of aromatic nitrogens is 4. The fourth-order valence-electron chi connectivity index (χ4n) is 6.89. The molecule has 0 amide bonds. The van der Waals surface area contributed by atoms with Gasteiger partial charge in [-0.15, -0.1) is 11.3 Å². The Hall–Kier alpha value is -5.39. The molecule has 10 aromatic rings. The number of rotatable bonds is 2. The summed E-state index contributed by atoms with van der Waals surface area (Å²) in [5.74, 6) is 0. The zero-order valence-electron chi connectivity index (χ0n) is 22.4. The zero-order valence-corrected chi connectivity index (χ0v) is 23.2. The number of imidazole rings is 1. The van der Waals surface area contributed by atoms with Gasteiger partial charge in [0.2, 0.25) is 0 Å². The minimum atomic E-state index is 0.961. The molecule has 0 aliphatic rings. The van der Waals surface area contributed by atoms with Crippen LogP contribution in [0.3, 0.4) is 0 Å². The van der Waals surface area contributed by atoms with Crippen LogP contribution in [0, 0.1) is 0 Å². The van der Waals surface area contributed by atoms with Crippen molar-refractivity contribution < 1.29 is 0 Å². The van der Waals surface area contributed by atoms with E-state index in [1.807, 2.05) is 23.6 Å². The number of thiophene rings is 1. The van der Waals surface area contributed by atoms with E-state index in [2.05, 4.69) is 135 Å². The maximum Gasteiger partial charge on any atom is 0.163 e. The fourth-order valence-corrected chi connectivity index (χ4v) is 7.96. The number of benzene rings is 5. The van der Waals surface area contributed by atoms with E-state index in [-0.39, 0.29) is 0 Å². The van der Waals surface area contributed by atoms with Gasteiger partial charge in [0, 0.05) is 53.9 Å². The zero-order chi connectivity index (χ0) is 27.4. The highest BCUT2D eigenvalue weighted by atomic mass is 32.1. The van der Waals surface area contributed by atoms with Crippen molar-refractivity contribution in [3.05, 3.63) is 134 Å². The second-order valence-corrected chi connectivity index (χ2v) is 12.0. The lowest BCUT2D eigenvalue weighted by Crippen LogP contribution is -1.95. The van der Waals surface area contributed by atoms with E-state index < -0.39 is 0 Å². The van der Waals surface area contributed by atoms with Crippen molar-refractivity contribution in [1.82, 2.24) is 18.5 Å². The Labute approximate surface area is 243 Å². The summed E-state index contributed by atoms with van der Waals surface area (Å²) in [7, 11) is 0. The van der Waals surface area contributed by atoms with Crippen LogP contribution in [0.2, 0.25) is 0 Å². The number of hydrogen-bond donors (Lipinski definition) is 0. The molecule has 0 saturated carbocycles. The second kappa shape index (κ2) is 8.09. The number of nitrogens with zero attached hydrogens (tertiary/aromatic N) is 4. The predicted molar refractivity (Wildman–Crippen MR) is 177 cm³/mol. The van der Waals surface area contributed by atoms with Gasteiger partial charge in [0.25, 0.3) is 0 Å². The first-order valence-electron chi connectivity index (χ1n) is 14.1. The van der Waals surface area contributed by atoms with Crippen LogP contribution >= 0.6 is 11.3 Å². The van der Waals surface area contributed by atoms with Gasteiger partial charge in [0.05, 0.1) is 22.1 Å². The maximum atomic E-state index is 4.85. The smallest absolute Gasteiger partial charge is 0.163 e. The van der Waals surface area contributed by atoms with E-state index in [1.165, 1.54) is 58.6 Å². The van der Waals surface area contributed by atoms with Crippen LogP contribution in [0.25, 0.3) is 81.1 Å². The van der Waals surface area contributed by atoms with Gasteiger partial charge in [0.1, 0.15) is 5.65 Å². The summed E-state index contributed by atoms with van der Waals surface area (Å²) < 4.78 is 9.61. The van der Waals surface area contributed by atoms with E-state index in [0.29, 0.717) is 0 Å². The molecule has 0 bridgehead atoms. The number of para-hydroxylation sites is 3. The summed E-state index contributed by atoms with van der Waals surface area (Å²) in [5.41, 5.74) is 9.14. The molecule has 0 unspecified atom stereocenters. The van der Waals surface area contributed by atoms with Crippen LogP contribution in [0.4, 0.5) is 0 Å². The molecule has 5 aromatic heterocycles. The van der Waals surface area contributed by atoms with Gasteiger partial charge < -0.3 is 4.57 Å². The molecule has 0 aliphatic heterocycles. The van der Waals surface area contributed by atoms with Crippen molar-refractivity contribution in [3.63, 3.8) is 0 Å². The van der Waals surface area contributed by atoms with Crippen LogP contribution < -0.4 is 0 Å². The summed E-state index contributed by atoms with van der Waals surface area (Å²) in [6.07, 6.45) is 1.89. The first-order valence-corrected chi connectivity index (χ1v) is 15.0. The standard InChI is InChI=1S/C37H22N4S/c1-4-11-30-23(8-1)20-36-40(37-33(41(30)36)14-7-19-38-37)25-16-18-35-29(22-25)28-21-24(15-17-34(28)42-35)39-31-12-5-2-9-26(31)27-10-3-6-13-32(27)39/h1-22H. The third-order valence-electron chi connectivity index (χ3n) is 8.67. The van der Waals surface area contributed by atoms with Crippen molar-refractivity contribution in [1.29, 1.82) is 0 Å². The van der Waals surface area contributed by atoms with Crippen molar-refractivity contribution in [3.8, 4) is 11.4 Å². The second-order valence-electron chi connectivity index (χ2n) is 10.9. The molecular formula is C37H22N4S. The quantitative estimate of drug-likeness (QED) is 0.209. The summed E-state index contributed by atoms with van der Waals surface area (Å²) >= 11 is 1.85. The van der Waals surface area contributed by atoms with Crippen LogP contribution in [0.15, 0.2) is 134 Å². The van der Waals surface area contributed by atoms with Gasteiger partial charge in [-0.2, -0.15) is 0 Å². The van der Waals surface area contributed by atoms with E-state index in [9.17, 15) is 0 Å². The summed E-state index contributed by atoms with van der Waals surface area (Å²) in [4.78, 5) is 4.85. The first kappa shape index (κ1) is 22.3. The molecule has 0 radical (unpaired) electrons. The molecule has 0 N–H and O–H groups in total. The molecule has 0 atom stereocenters. The normalized spacial score (nSPS) is 12.3. The van der Waals surface area contributed by atoms with Gasteiger partial charge in [0.15, 0.2) is 5.65 Å². The Balaban J connectivity index is 1.25. The minimum absolute atomic E-state index is 0.961. The lowest BCUT2D eigenvalue weighted by Gasteiger charge is -2.09. The molecule has 42 heavy (non-hydrogen) atoms. The molecule has 0 fully saturated rings. The van der Waals surface area contributed by atoms with Gasteiger partial charge in [-0.1, -0.05) is 54.6 Å². The average Bonchev–Trinajstić information content (AvgIpc) is 3.77. The Morgan fingerprint density at radius 2 is 1.07 bits per heavy atom. The number of fused-ring (bicyclic) bond motifs is 11. The monoisotopic (exact) mass is 554 g/mol. The van der Waals surface area contributed by atoms with E-state index in [4.69, 9.17) is 4.98 Å². The minimum Gasteiger partial charge on any atom is -0.309 e. The van der Waals surface area contributed by atoms with Gasteiger partial charge in [-0.25, -0.2) is 4.98 Å². The van der Waals surface area contributed by atoms with Crippen molar-refractivity contribution in [2.24, 2.45) is 0 Å². The van der Waals surface area contributed by atoms with Crippen LogP contribution in [-0.2, 0) is 0 Å². The topological polar surface area (TPSA) is 27.2 Å². The van der Waals surface area contributed by atoms with Crippen molar-refractivity contribution >= 4 is 81.0 Å². The summed E-state index contributed by atoms with van der Waals surface area (Å²) in [6, 6.07) is 46.2. The van der Waals surface area contributed by atoms with Crippen molar-refractivity contribution in [2.45, 2.75) is 0 Å². The molecule has 4 nitrogen and oxygen atoms in total. The maximum absolute atomic E-state index is 4.85. The Kier molecular flexibility index (Phi) is 4.30. The largest absolute Gasteiger partial charge is 0.309 e. The third-order valence-corrected chi connectivity index (χ3v) is 9.82. The van der Waals surface area contributed by atoms with Gasteiger partial charge >= 0.3 is 0 Å². The lowest BCUT2D eigenvalue weighted by atomic mass is 10.1. The Morgan fingerprint density at radius 1 is 0.476 bits per heavy atom. The molecule has 0 saturated heterocycles. The first-order chi connectivity index (χ1) is 20.8. The van der Waals surface area contributed by atoms with Gasteiger partial charge in [-0.05, 0) is 72.8 Å². The Bertz CT molecular complexity index is 2650. The SMILES string of the molecule is c1ccc2c(c1)cc1n(-c3ccc4sc5ccc(-n6c7ccccc7c7ccccc76)cc5c4c3)c3ncccc3n21. The molecular weight excluding hydrogens is 533 g/mol. The number of hydrogen-bond acceptors (Lipinski definition) is 2. The highest BCUT2D eigenvalue weighted by molar-refractivity contribution is 7.25. The molecule has 0 aliphatic carbocycles. The highest BCUT2D eigenvalue weighted by Gasteiger charge is 2.18. The Morgan fingerprint density at radius 3 is 1.79 bits per heavy atom. The van der Waals surface area contributed by atoms with Crippen LogP contribution in [-0.4, -0.2) is 18.5 Å². The average molecular weight is 555 g/mol. The van der Waals surface area contributed by atoms with E-state index >= 15 is 0 Å². The van der Waals surface area contributed by atoms with E-state index in [1.54, 1.807) is 0 Å². The number of pyridine rings is 1. The molecule has 10 rings (SSSR count). The molecule has 5 aromatic carbocycles. The van der Waals surface area contributed by atoms with E-state index in [0.717, 1.165) is 22.5 Å². The van der Waals surface area contributed by atoms with Crippen molar-refractivity contribution in [2.75, 3.05) is 0 Å². The summed E-state index contributed by atoms with van der Waals surface area (Å²) in [5, 5.41) is 6.33. The predicted octanol–water partition coefficient (Wildman–Crippen LogP) is 9.90. The highest BCUT2D eigenvalue weighted by Crippen LogP contribution is 2.39. The molecule has 5 heteroatoms. The lowest BCUT2D eigenvalue weighted by molar-refractivity contribution is 1.12. The van der Waals surface area contributed by atoms with Gasteiger partial charge in [-0.3, -0.25) is 8.97 Å². The summed E-state index contributed by atoms with van der Waals surface area (Å²) in [6.45, 7) is 0.